The molecule has 1 saturated heterocycles. The van der Waals surface area contributed by atoms with E-state index in [2.05, 4.69) is 20.5 Å². The fourth-order valence-electron chi connectivity index (χ4n) is 4.18. The van der Waals surface area contributed by atoms with Crippen molar-refractivity contribution in [3.05, 3.63) is 72.0 Å². The van der Waals surface area contributed by atoms with Gasteiger partial charge in [0.25, 0.3) is 5.91 Å². The van der Waals surface area contributed by atoms with Crippen LogP contribution >= 0.6 is 0 Å². The molecule has 5 nitrogen and oxygen atoms in total. The van der Waals surface area contributed by atoms with Crippen LogP contribution in [0.3, 0.4) is 0 Å². The summed E-state index contributed by atoms with van der Waals surface area (Å²) in [6.45, 7) is 3.03. The Labute approximate surface area is 179 Å². The van der Waals surface area contributed by atoms with Crippen LogP contribution in [0.5, 0.6) is 0 Å². The van der Waals surface area contributed by atoms with E-state index >= 15 is 0 Å². The van der Waals surface area contributed by atoms with Gasteiger partial charge in [0.15, 0.2) is 0 Å². The minimum Gasteiger partial charge on any atom is -0.370 e. The van der Waals surface area contributed by atoms with Crippen LogP contribution in [0, 0.1) is 0 Å². The van der Waals surface area contributed by atoms with E-state index in [0.29, 0.717) is 6.42 Å². The van der Waals surface area contributed by atoms with Gasteiger partial charge in [-0.25, -0.2) is 4.98 Å². The summed E-state index contributed by atoms with van der Waals surface area (Å²) in [6, 6.07) is 0. The summed E-state index contributed by atoms with van der Waals surface area (Å²) in [6.07, 6.45) is 25.8. The smallest absolute Gasteiger partial charge is 0.251 e. The molecule has 0 saturated carbocycles. The lowest BCUT2D eigenvalue weighted by Crippen LogP contribution is -2.32. The SMILES string of the molecule is O=C(Nc1cnc2c(c1N1CCCCC1)CCCN2)/C1=C/C=C\C=C/C=C\C=C/C1. The first-order valence-corrected chi connectivity index (χ1v) is 11.0. The molecular formula is C25H30N4O. The number of hydrogen-bond acceptors (Lipinski definition) is 4. The maximum absolute atomic E-state index is 13.2. The monoisotopic (exact) mass is 402 g/mol. The van der Waals surface area contributed by atoms with E-state index in [0.717, 1.165) is 55.2 Å². The minimum absolute atomic E-state index is 0.0692. The van der Waals surface area contributed by atoms with Gasteiger partial charge in [-0.2, -0.15) is 0 Å². The molecule has 30 heavy (non-hydrogen) atoms. The molecule has 4 rings (SSSR count). The fourth-order valence-corrected chi connectivity index (χ4v) is 4.18. The average Bonchev–Trinajstić information content (AvgIpc) is 2.85. The molecule has 1 amide bonds. The van der Waals surface area contributed by atoms with E-state index < -0.39 is 0 Å². The Hall–Kier alpha value is -3.08. The predicted octanol–water partition coefficient (Wildman–Crippen LogP) is 4.92. The summed E-state index contributed by atoms with van der Waals surface area (Å²) in [7, 11) is 0. The van der Waals surface area contributed by atoms with Gasteiger partial charge >= 0.3 is 0 Å². The van der Waals surface area contributed by atoms with Crippen molar-refractivity contribution in [2.45, 2.75) is 38.5 Å². The number of carbonyl (C=O) groups is 1. The van der Waals surface area contributed by atoms with Gasteiger partial charge in [0.2, 0.25) is 0 Å². The Balaban J connectivity index is 1.63. The van der Waals surface area contributed by atoms with Crippen LogP contribution in [0.4, 0.5) is 17.2 Å². The summed E-state index contributed by atoms with van der Waals surface area (Å²) in [5, 5.41) is 6.61. The normalized spacial score (nSPS) is 24.8. The third-order valence-electron chi connectivity index (χ3n) is 5.70. The molecular weight excluding hydrogens is 372 g/mol. The average molecular weight is 403 g/mol. The highest BCUT2D eigenvalue weighted by Crippen LogP contribution is 2.38. The number of carbonyl (C=O) groups excluding carboxylic acids is 1. The van der Waals surface area contributed by atoms with Crippen molar-refractivity contribution in [3.8, 4) is 0 Å². The lowest BCUT2D eigenvalue weighted by molar-refractivity contribution is -0.112. The number of fused-ring (bicyclic) bond motifs is 1. The van der Waals surface area contributed by atoms with E-state index in [1.54, 1.807) is 0 Å². The molecule has 0 radical (unpaired) electrons. The van der Waals surface area contributed by atoms with Crippen LogP contribution in [-0.2, 0) is 11.2 Å². The van der Waals surface area contributed by atoms with Crippen LogP contribution in [0.15, 0.2) is 66.5 Å². The zero-order chi connectivity index (χ0) is 20.6. The highest BCUT2D eigenvalue weighted by Gasteiger charge is 2.24. The molecule has 3 aliphatic rings. The first-order valence-electron chi connectivity index (χ1n) is 11.0. The second-order valence-corrected chi connectivity index (χ2v) is 7.86. The Morgan fingerprint density at radius 1 is 0.967 bits per heavy atom. The van der Waals surface area contributed by atoms with E-state index in [-0.39, 0.29) is 5.91 Å². The molecule has 1 aromatic rings. The summed E-state index contributed by atoms with van der Waals surface area (Å²) < 4.78 is 0. The fraction of sp³-hybridized carbons (Fsp3) is 0.360. The van der Waals surface area contributed by atoms with Crippen molar-refractivity contribution >= 4 is 23.1 Å². The Bertz CT molecular complexity index is 917. The Morgan fingerprint density at radius 2 is 1.73 bits per heavy atom. The van der Waals surface area contributed by atoms with Crippen LogP contribution in [0.1, 0.15) is 37.7 Å². The largest absolute Gasteiger partial charge is 0.370 e. The summed E-state index contributed by atoms with van der Waals surface area (Å²) in [5.74, 6) is 0.902. The number of hydrogen-bond donors (Lipinski definition) is 2. The zero-order valence-electron chi connectivity index (χ0n) is 17.4. The maximum atomic E-state index is 13.2. The van der Waals surface area contributed by atoms with Crippen molar-refractivity contribution in [1.29, 1.82) is 0 Å². The first kappa shape index (κ1) is 20.2. The number of anilines is 3. The van der Waals surface area contributed by atoms with Gasteiger partial charge in [0, 0.05) is 30.8 Å². The quantitative estimate of drug-likeness (QED) is 0.753. The van der Waals surface area contributed by atoms with Crippen LogP contribution in [0.25, 0.3) is 0 Å². The molecule has 0 atom stereocenters. The molecule has 156 valence electrons. The predicted molar refractivity (Wildman–Crippen MR) is 125 cm³/mol. The van der Waals surface area contributed by atoms with Gasteiger partial charge in [-0.15, -0.1) is 0 Å². The number of amides is 1. The maximum Gasteiger partial charge on any atom is 0.251 e. The second kappa shape index (κ2) is 10.1. The third kappa shape index (κ3) is 4.90. The van der Waals surface area contributed by atoms with E-state index in [1.165, 1.54) is 24.8 Å². The molecule has 1 aliphatic carbocycles. The van der Waals surface area contributed by atoms with Crippen LogP contribution in [0.2, 0.25) is 0 Å². The topological polar surface area (TPSA) is 57.3 Å². The molecule has 0 bridgehead atoms. The molecule has 2 aliphatic heterocycles. The summed E-state index contributed by atoms with van der Waals surface area (Å²) in [5.41, 5.74) is 3.96. The zero-order valence-corrected chi connectivity index (χ0v) is 17.4. The minimum atomic E-state index is -0.0692. The van der Waals surface area contributed by atoms with E-state index in [4.69, 9.17) is 0 Å². The van der Waals surface area contributed by atoms with Gasteiger partial charge in [-0.05, 0) is 38.5 Å². The number of pyridine rings is 1. The van der Waals surface area contributed by atoms with Crippen LogP contribution in [-0.4, -0.2) is 30.5 Å². The molecule has 0 aromatic carbocycles. The standard InChI is InChI=1S/C25H30N4O/c30-25(20-13-8-5-3-1-2-4-6-9-14-20)28-22-19-27-24-21(15-12-16-26-24)23(22)29-17-10-7-11-18-29/h1-6,8-9,13,19H,7,10-12,14-18H2,(H,26,27)(H,28,30)/b3-1-,4-2-,8-5-,9-6-,20-13+. The Kier molecular flexibility index (Phi) is 6.80. The highest BCUT2D eigenvalue weighted by molar-refractivity contribution is 6.06. The molecule has 2 N–H and O–H groups in total. The van der Waals surface area contributed by atoms with Gasteiger partial charge in [0.1, 0.15) is 5.82 Å². The van der Waals surface area contributed by atoms with E-state index in [9.17, 15) is 4.79 Å². The van der Waals surface area contributed by atoms with Crippen LogP contribution < -0.4 is 15.5 Å². The molecule has 0 unspecified atom stereocenters. The van der Waals surface area contributed by atoms with Crippen molar-refractivity contribution in [1.82, 2.24) is 4.98 Å². The van der Waals surface area contributed by atoms with Gasteiger partial charge in [0.05, 0.1) is 17.6 Å². The number of rotatable bonds is 3. The summed E-state index contributed by atoms with van der Waals surface area (Å²) >= 11 is 0. The second-order valence-electron chi connectivity index (χ2n) is 7.86. The molecule has 0 spiro atoms. The highest BCUT2D eigenvalue weighted by atomic mass is 16.1. The lowest BCUT2D eigenvalue weighted by atomic mass is 10.0. The van der Waals surface area contributed by atoms with Gasteiger partial charge in [-0.3, -0.25) is 4.79 Å². The Morgan fingerprint density at radius 3 is 2.57 bits per heavy atom. The van der Waals surface area contributed by atoms with Gasteiger partial charge < -0.3 is 15.5 Å². The molecule has 1 fully saturated rings. The van der Waals surface area contributed by atoms with Crippen molar-refractivity contribution in [2.75, 3.05) is 35.2 Å². The summed E-state index contributed by atoms with van der Waals surface area (Å²) in [4.78, 5) is 20.2. The molecule has 1 aromatic heterocycles. The van der Waals surface area contributed by atoms with E-state index in [1.807, 2.05) is 60.9 Å². The molecule has 3 heterocycles. The number of allylic oxidation sites excluding steroid dienone is 9. The number of nitrogens with one attached hydrogen (secondary N) is 2. The first-order chi connectivity index (χ1) is 14.8. The van der Waals surface area contributed by atoms with Crippen molar-refractivity contribution in [3.63, 3.8) is 0 Å². The van der Waals surface area contributed by atoms with Crippen molar-refractivity contribution < 1.29 is 4.79 Å². The number of piperidine rings is 1. The molecule has 5 heteroatoms. The van der Waals surface area contributed by atoms with Gasteiger partial charge in [-0.1, -0.05) is 54.7 Å². The van der Waals surface area contributed by atoms with Crippen molar-refractivity contribution in [2.24, 2.45) is 0 Å². The third-order valence-corrected chi connectivity index (χ3v) is 5.70. The lowest BCUT2D eigenvalue weighted by Gasteiger charge is -2.34. The number of nitrogens with zero attached hydrogens (tertiary/aromatic N) is 2. The number of aromatic nitrogens is 1.